The van der Waals surface area contributed by atoms with Crippen LogP contribution in [0, 0.1) is 0 Å². The average Bonchev–Trinajstić information content (AvgIpc) is 3.26. The maximum absolute atomic E-state index is 12.9. The number of hydrogen-bond acceptors (Lipinski definition) is 6. The highest BCUT2D eigenvalue weighted by Gasteiger charge is 2.30. The minimum Gasteiger partial charge on any atom is -0.444 e. The molecule has 11 heteroatoms. The molecule has 0 saturated carbocycles. The molecule has 4 rings (SSSR count). The van der Waals surface area contributed by atoms with Gasteiger partial charge in [0.25, 0.3) is 5.91 Å². The number of para-hydroxylation sites is 1. The van der Waals surface area contributed by atoms with E-state index < -0.39 is 17.7 Å². The van der Waals surface area contributed by atoms with Gasteiger partial charge in [0.15, 0.2) is 0 Å². The van der Waals surface area contributed by atoms with Crippen LogP contribution in [-0.2, 0) is 27.4 Å². The van der Waals surface area contributed by atoms with E-state index in [1.54, 1.807) is 44.7 Å². The van der Waals surface area contributed by atoms with Crippen molar-refractivity contribution in [2.45, 2.75) is 45.5 Å². The standard InChI is InChI=1S/C25H30ClN5O5/c1-25(2,3)36-24(34)30-12-13-35-16-17(30)8-9-22(32)29-10-11-31-20(14-27-21(31)15-29)23(33)28-19-7-5-4-6-18(19)26/h4-9,14,17H,10-13,15-16H2,1-3H3,(H,28,33)/b9-8+/t17-/m0/s1. The number of fused-ring (bicyclic) bond motifs is 1. The summed E-state index contributed by atoms with van der Waals surface area (Å²) in [5, 5.41) is 3.25. The fourth-order valence-electron chi connectivity index (χ4n) is 4.01. The van der Waals surface area contributed by atoms with Crippen molar-refractivity contribution in [1.82, 2.24) is 19.4 Å². The molecule has 1 aromatic heterocycles. The molecule has 192 valence electrons. The molecule has 3 amide bonds. The molecule has 1 saturated heterocycles. The van der Waals surface area contributed by atoms with E-state index in [0.29, 0.717) is 48.5 Å². The number of anilines is 1. The molecule has 1 N–H and O–H groups in total. The number of halogens is 1. The van der Waals surface area contributed by atoms with E-state index in [1.165, 1.54) is 12.3 Å². The normalized spacial score (nSPS) is 18.2. The summed E-state index contributed by atoms with van der Waals surface area (Å²) in [6, 6.07) is 6.60. The number of ether oxygens (including phenoxy) is 2. The smallest absolute Gasteiger partial charge is 0.410 e. The van der Waals surface area contributed by atoms with E-state index in [2.05, 4.69) is 10.3 Å². The van der Waals surface area contributed by atoms with Crippen molar-refractivity contribution >= 4 is 35.2 Å². The number of morpholine rings is 1. The van der Waals surface area contributed by atoms with Gasteiger partial charge in [0.05, 0.1) is 42.7 Å². The first-order valence-electron chi connectivity index (χ1n) is 11.8. The zero-order chi connectivity index (χ0) is 25.9. The van der Waals surface area contributed by atoms with Crippen LogP contribution in [0.5, 0.6) is 0 Å². The van der Waals surface area contributed by atoms with Gasteiger partial charge in [0.1, 0.15) is 17.1 Å². The minimum atomic E-state index is -0.613. The lowest BCUT2D eigenvalue weighted by Gasteiger charge is -2.35. The van der Waals surface area contributed by atoms with Crippen LogP contribution in [0.4, 0.5) is 10.5 Å². The fourth-order valence-corrected chi connectivity index (χ4v) is 4.19. The second-order valence-corrected chi connectivity index (χ2v) is 9.99. The topological polar surface area (TPSA) is 106 Å². The summed E-state index contributed by atoms with van der Waals surface area (Å²) in [7, 11) is 0. The van der Waals surface area contributed by atoms with Crippen molar-refractivity contribution in [2.75, 3.05) is 31.6 Å². The second kappa shape index (κ2) is 10.7. The Balaban J connectivity index is 1.39. The Morgan fingerprint density at radius 2 is 1.97 bits per heavy atom. The molecule has 2 aliphatic rings. The van der Waals surface area contributed by atoms with Gasteiger partial charge in [0, 0.05) is 25.7 Å². The lowest BCUT2D eigenvalue weighted by Crippen LogP contribution is -2.49. The Morgan fingerprint density at radius 1 is 1.19 bits per heavy atom. The summed E-state index contributed by atoms with van der Waals surface area (Å²) < 4.78 is 12.8. The largest absolute Gasteiger partial charge is 0.444 e. The maximum atomic E-state index is 12.9. The molecule has 0 aliphatic carbocycles. The molecule has 36 heavy (non-hydrogen) atoms. The van der Waals surface area contributed by atoms with Crippen LogP contribution >= 0.6 is 11.6 Å². The zero-order valence-corrected chi connectivity index (χ0v) is 21.3. The van der Waals surface area contributed by atoms with Crippen molar-refractivity contribution in [3.05, 3.63) is 59.2 Å². The summed E-state index contributed by atoms with van der Waals surface area (Å²) in [5.41, 5.74) is 0.308. The van der Waals surface area contributed by atoms with Gasteiger partial charge in [0.2, 0.25) is 5.91 Å². The third-order valence-corrected chi connectivity index (χ3v) is 6.11. The first-order chi connectivity index (χ1) is 17.1. The highest BCUT2D eigenvalue weighted by atomic mass is 35.5. The summed E-state index contributed by atoms with van der Waals surface area (Å²) in [4.78, 5) is 45.8. The number of hydrogen-bond donors (Lipinski definition) is 1. The minimum absolute atomic E-state index is 0.207. The van der Waals surface area contributed by atoms with Gasteiger partial charge < -0.3 is 24.3 Å². The molecule has 0 bridgehead atoms. The van der Waals surface area contributed by atoms with Crippen molar-refractivity contribution in [3.8, 4) is 0 Å². The summed E-state index contributed by atoms with van der Waals surface area (Å²) in [5.74, 6) is 0.0887. The van der Waals surface area contributed by atoms with Crippen LogP contribution in [0.1, 0.15) is 37.1 Å². The molecule has 1 atom stereocenters. The van der Waals surface area contributed by atoms with E-state index in [4.69, 9.17) is 21.1 Å². The van der Waals surface area contributed by atoms with Crippen molar-refractivity contribution < 1.29 is 23.9 Å². The third-order valence-electron chi connectivity index (χ3n) is 5.78. The number of benzene rings is 1. The number of aromatic nitrogens is 2. The van der Waals surface area contributed by atoms with Gasteiger partial charge in [-0.3, -0.25) is 14.5 Å². The van der Waals surface area contributed by atoms with Crippen LogP contribution in [0.3, 0.4) is 0 Å². The lowest BCUT2D eigenvalue weighted by molar-refractivity contribution is -0.127. The number of imidazole rings is 1. The van der Waals surface area contributed by atoms with E-state index in [0.717, 1.165) is 0 Å². The second-order valence-electron chi connectivity index (χ2n) is 9.58. The summed E-state index contributed by atoms with van der Waals surface area (Å²) in [6.07, 6.45) is 4.20. The van der Waals surface area contributed by atoms with E-state index in [-0.39, 0.29) is 25.0 Å². The van der Waals surface area contributed by atoms with Gasteiger partial charge in [-0.15, -0.1) is 0 Å². The van der Waals surface area contributed by atoms with Gasteiger partial charge in [-0.05, 0) is 32.9 Å². The van der Waals surface area contributed by atoms with Gasteiger partial charge in [-0.2, -0.15) is 0 Å². The first kappa shape index (κ1) is 25.7. The van der Waals surface area contributed by atoms with Crippen molar-refractivity contribution in [3.63, 3.8) is 0 Å². The molecular weight excluding hydrogens is 486 g/mol. The Morgan fingerprint density at radius 3 is 2.72 bits per heavy atom. The Kier molecular flexibility index (Phi) is 7.65. The highest BCUT2D eigenvalue weighted by molar-refractivity contribution is 6.33. The Bertz CT molecular complexity index is 1170. The summed E-state index contributed by atoms with van der Waals surface area (Å²) in [6.45, 7) is 7.63. The maximum Gasteiger partial charge on any atom is 0.410 e. The molecule has 0 spiro atoms. The average molecular weight is 516 g/mol. The number of rotatable bonds is 4. The van der Waals surface area contributed by atoms with Gasteiger partial charge in [-0.1, -0.05) is 29.8 Å². The molecule has 1 aromatic carbocycles. The molecule has 10 nitrogen and oxygen atoms in total. The molecule has 2 aliphatic heterocycles. The van der Waals surface area contributed by atoms with E-state index >= 15 is 0 Å². The number of carbonyl (C=O) groups is 3. The van der Waals surface area contributed by atoms with E-state index in [1.807, 2.05) is 20.8 Å². The lowest BCUT2D eigenvalue weighted by atomic mass is 10.2. The number of nitrogens with zero attached hydrogens (tertiary/aromatic N) is 4. The number of nitrogens with one attached hydrogen (secondary N) is 1. The van der Waals surface area contributed by atoms with E-state index in [9.17, 15) is 14.4 Å². The SMILES string of the molecule is CC(C)(C)OC(=O)N1CCOC[C@@H]1/C=C/C(=O)N1CCn2c(C(=O)Nc3ccccc3Cl)cnc2C1. The number of amides is 3. The predicted octanol–water partition coefficient (Wildman–Crippen LogP) is 3.32. The predicted molar refractivity (Wildman–Crippen MR) is 134 cm³/mol. The third kappa shape index (κ3) is 6.06. The quantitative estimate of drug-likeness (QED) is 0.626. The first-order valence-corrected chi connectivity index (χ1v) is 12.1. The van der Waals surface area contributed by atoms with Gasteiger partial charge in [-0.25, -0.2) is 9.78 Å². The highest BCUT2D eigenvalue weighted by Crippen LogP contribution is 2.22. The molecule has 1 fully saturated rings. The van der Waals surface area contributed by atoms with Crippen LogP contribution in [0.15, 0.2) is 42.6 Å². The molecule has 0 radical (unpaired) electrons. The zero-order valence-electron chi connectivity index (χ0n) is 20.6. The number of carbonyl (C=O) groups excluding carboxylic acids is 3. The van der Waals surface area contributed by atoms with Crippen molar-refractivity contribution in [2.24, 2.45) is 0 Å². The molecule has 0 unspecified atom stereocenters. The van der Waals surface area contributed by atoms with Crippen LogP contribution in [0.2, 0.25) is 5.02 Å². The Hall–Kier alpha value is -3.37. The van der Waals surface area contributed by atoms with Gasteiger partial charge >= 0.3 is 6.09 Å². The molecule has 2 aromatic rings. The Labute approximate surface area is 214 Å². The fraction of sp³-hybridized carbons (Fsp3) is 0.440. The molecule has 3 heterocycles. The van der Waals surface area contributed by atoms with Crippen LogP contribution in [-0.4, -0.2) is 75.2 Å². The molecular formula is C25H30ClN5O5. The van der Waals surface area contributed by atoms with Crippen molar-refractivity contribution in [1.29, 1.82) is 0 Å². The monoisotopic (exact) mass is 515 g/mol. The van der Waals surface area contributed by atoms with Crippen LogP contribution < -0.4 is 5.32 Å². The van der Waals surface area contributed by atoms with Crippen LogP contribution in [0.25, 0.3) is 0 Å². The summed E-state index contributed by atoms with van der Waals surface area (Å²) >= 11 is 6.14.